The molecule has 0 saturated heterocycles. The Morgan fingerprint density at radius 1 is 0.880 bits per heavy atom. The Morgan fingerprint density at radius 2 is 1.44 bits per heavy atom. The predicted molar refractivity (Wildman–Crippen MR) is 103 cm³/mol. The van der Waals surface area contributed by atoms with E-state index in [0.717, 1.165) is 9.13 Å². The van der Waals surface area contributed by atoms with Crippen LogP contribution in [-0.2, 0) is 6.54 Å². The third-order valence-corrected chi connectivity index (χ3v) is 4.51. The van der Waals surface area contributed by atoms with E-state index < -0.39 is 0 Å². The number of amides is 1. The van der Waals surface area contributed by atoms with Gasteiger partial charge in [0.1, 0.15) is 0 Å². The van der Waals surface area contributed by atoms with E-state index in [4.69, 9.17) is 18.9 Å². The van der Waals surface area contributed by atoms with E-state index in [1.54, 1.807) is 39.5 Å². The van der Waals surface area contributed by atoms with Gasteiger partial charge in [0.05, 0.1) is 34.0 Å². The van der Waals surface area contributed by atoms with E-state index in [2.05, 4.69) is 27.9 Å². The lowest BCUT2D eigenvalue weighted by molar-refractivity contribution is 0.0949. The summed E-state index contributed by atoms with van der Waals surface area (Å²) < 4.78 is 21.8. The number of hydrogen-bond acceptors (Lipinski definition) is 5. The molecule has 0 fully saturated rings. The minimum Gasteiger partial charge on any atom is -0.493 e. The highest BCUT2D eigenvalue weighted by Crippen LogP contribution is 2.31. The van der Waals surface area contributed by atoms with Crippen LogP contribution in [0.5, 0.6) is 23.0 Å². The van der Waals surface area contributed by atoms with E-state index in [9.17, 15) is 4.79 Å². The minimum absolute atomic E-state index is 0.194. The molecule has 0 aliphatic rings. The SMILES string of the molecule is COc1ccc(CNC(=O)c2cc(OC)c(OC)cc2I)cc1OC. The van der Waals surface area contributed by atoms with Crippen molar-refractivity contribution in [1.82, 2.24) is 5.32 Å². The molecule has 0 spiro atoms. The van der Waals surface area contributed by atoms with Crippen LogP contribution in [0.15, 0.2) is 30.3 Å². The summed E-state index contributed by atoms with van der Waals surface area (Å²) in [4.78, 5) is 12.5. The van der Waals surface area contributed by atoms with Gasteiger partial charge in [-0.15, -0.1) is 0 Å². The minimum atomic E-state index is -0.194. The van der Waals surface area contributed by atoms with Crippen molar-refractivity contribution in [2.75, 3.05) is 28.4 Å². The summed E-state index contributed by atoms with van der Waals surface area (Å²) in [5.74, 6) is 2.17. The Balaban J connectivity index is 2.15. The molecule has 0 atom stereocenters. The van der Waals surface area contributed by atoms with Gasteiger partial charge in [0.2, 0.25) is 0 Å². The van der Waals surface area contributed by atoms with E-state index in [1.807, 2.05) is 12.1 Å². The zero-order valence-corrected chi connectivity index (χ0v) is 16.7. The molecule has 134 valence electrons. The molecule has 1 N–H and O–H groups in total. The van der Waals surface area contributed by atoms with Crippen molar-refractivity contribution in [2.24, 2.45) is 0 Å². The predicted octanol–water partition coefficient (Wildman–Crippen LogP) is 3.26. The van der Waals surface area contributed by atoms with Crippen LogP contribution in [0.3, 0.4) is 0 Å². The fourth-order valence-corrected chi connectivity index (χ4v) is 2.98. The van der Waals surface area contributed by atoms with Gasteiger partial charge in [-0.2, -0.15) is 0 Å². The molecular weight excluding hydrogens is 437 g/mol. The van der Waals surface area contributed by atoms with Gasteiger partial charge in [0, 0.05) is 10.1 Å². The number of ether oxygens (including phenoxy) is 4. The normalized spacial score (nSPS) is 10.1. The maximum absolute atomic E-state index is 12.5. The molecule has 0 radical (unpaired) electrons. The second-order valence-electron chi connectivity index (χ2n) is 5.06. The van der Waals surface area contributed by atoms with Gasteiger partial charge in [-0.1, -0.05) is 6.07 Å². The highest BCUT2D eigenvalue weighted by molar-refractivity contribution is 14.1. The van der Waals surface area contributed by atoms with Crippen LogP contribution < -0.4 is 24.3 Å². The Bertz CT molecular complexity index is 763. The number of nitrogens with one attached hydrogen (secondary N) is 1. The molecule has 0 saturated carbocycles. The second kappa shape index (κ2) is 8.80. The lowest BCUT2D eigenvalue weighted by Crippen LogP contribution is -2.23. The Kier molecular flexibility index (Phi) is 6.74. The van der Waals surface area contributed by atoms with Crippen LogP contribution in [0.1, 0.15) is 15.9 Å². The number of methoxy groups -OCH3 is 4. The molecule has 2 rings (SSSR count). The van der Waals surface area contributed by atoms with Gasteiger partial charge in [0.15, 0.2) is 23.0 Å². The lowest BCUT2D eigenvalue weighted by atomic mass is 10.1. The summed E-state index contributed by atoms with van der Waals surface area (Å²) in [6, 6.07) is 8.95. The molecule has 0 aliphatic heterocycles. The fourth-order valence-electron chi connectivity index (χ4n) is 2.30. The van der Waals surface area contributed by atoms with Crippen LogP contribution in [0, 0.1) is 3.57 Å². The van der Waals surface area contributed by atoms with Gasteiger partial charge in [-0.25, -0.2) is 0 Å². The smallest absolute Gasteiger partial charge is 0.252 e. The molecule has 0 aliphatic carbocycles. The Labute approximate surface area is 160 Å². The zero-order valence-electron chi connectivity index (χ0n) is 14.5. The second-order valence-corrected chi connectivity index (χ2v) is 6.22. The fraction of sp³-hybridized carbons (Fsp3) is 0.278. The molecule has 0 bridgehead atoms. The molecule has 7 heteroatoms. The van der Waals surface area contributed by atoms with Crippen LogP contribution in [-0.4, -0.2) is 34.3 Å². The first-order valence-electron chi connectivity index (χ1n) is 7.44. The van der Waals surface area contributed by atoms with E-state index in [-0.39, 0.29) is 5.91 Å². The number of halogens is 1. The Morgan fingerprint density at radius 3 is 2.04 bits per heavy atom. The van der Waals surface area contributed by atoms with Crippen LogP contribution in [0.25, 0.3) is 0 Å². The number of rotatable bonds is 7. The summed E-state index contributed by atoms with van der Waals surface area (Å²) >= 11 is 2.10. The molecule has 1 amide bonds. The van der Waals surface area contributed by atoms with E-state index in [1.165, 1.54) is 7.11 Å². The summed E-state index contributed by atoms with van der Waals surface area (Å²) in [5.41, 5.74) is 1.43. The average molecular weight is 457 g/mol. The van der Waals surface area contributed by atoms with Gasteiger partial charge >= 0.3 is 0 Å². The third kappa shape index (κ3) is 4.47. The van der Waals surface area contributed by atoms with Gasteiger partial charge in [-0.3, -0.25) is 4.79 Å². The molecule has 2 aromatic carbocycles. The maximum Gasteiger partial charge on any atom is 0.252 e. The van der Waals surface area contributed by atoms with Gasteiger partial charge in [0.25, 0.3) is 5.91 Å². The van der Waals surface area contributed by atoms with Crippen molar-refractivity contribution >= 4 is 28.5 Å². The Hall–Kier alpha value is -2.16. The van der Waals surface area contributed by atoms with Crippen molar-refractivity contribution in [1.29, 1.82) is 0 Å². The summed E-state index contributed by atoms with van der Waals surface area (Å²) in [7, 11) is 6.26. The maximum atomic E-state index is 12.5. The molecular formula is C18H20INO5. The van der Waals surface area contributed by atoms with Crippen LogP contribution in [0.4, 0.5) is 0 Å². The average Bonchev–Trinajstić information content (AvgIpc) is 2.65. The topological polar surface area (TPSA) is 66.0 Å². The summed E-state index contributed by atoms with van der Waals surface area (Å²) in [6.45, 7) is 0.365. The van der Waals surface area contributed by atoms with Crippen LogP contribution >= 0.6 is 22.6 Å². The van der Waals surface area contributed by atoms with E-state index in [0.29, 0.717) is 35.1 Å². The van der Waals surface area contributed by atoms with Gasteiger partial charge in [-0.05, 0) is 52.4 Å². The molecule has 0 unspecified atom stereocenters. The van der Waals surface area contributed by atoms with E-state index >= 15 is 0 Å². The molecule has 2 aromatic rings. The standard InChI is InChI=1S/C18H20INO5/c1-22-14-6-5-11(7-15(14)23-2)10-20-18(21)12-8-16(24-3)17(25-4)9-13(12)19/h5-9H,10H2,1-4H3,(H,20,21). The highest BCUT2D eigenvalue weighted by atomic mass is 127. The number of carbonyl (C=O) groups is 1. The molecule has 0 aromatic heterocycles. The summed E-state index contributed by atoms with van der Waals surface area (Å²) in [6.07, 6.45) is 0. The van der Waals surface area contributed by atoms with Crippen molar-refractivity contribution in [3.63, 3.8) is 0 Å². The zero-order chi connectivity index (χ0) is 18.4. The molecule has 25 heavy (non-hydrogen) atoms. The first-order valence-corrected chi connectivity index (χ1v) is 8.52. The first-order chi connectivity index (χ1) is 12.0. The summed E-state index contributed by atoms with van der Waals surface area (Å²) in [5, 5.41) is 2.90. The van der Waals surface area contributed by atoms with Crippen molar-refractivity contribution in [3.8, 4) is 23.0 Å². The monoisotopic (exact) mass is 457 g/mol. The number of benzene rings is 2. The van der Waals surface area contributed by atoms with Crippen molar-refractivity contribution in [2.45, 2.75) is 6.54 Å². The number of carbonyl (C=O) groups excluding carboxylic acids is 1. The first kappa shape index (κ1) is 19.2. The third-order valence-electron chi connectivity index (χ3n) is 3.62. The van der Waals surface area contributed by atoms with Crippen LogP contribution in [0.2, 0.25) is 0 Å². The van der Waals surface area contributed by atoms with Gasteiger partial charge < -0.3 is 24.3 Å². The molecule has 0 heterocycles. The number of hydrogen-bond donors (Lipinski definition) is 1. The van der Waals surface area contributed by atoms with Crippen molar-refractivity contribution in [3.05, 3.63) is 45.0 Å². The largest absolute Gasteiger partial charge is 0.493 e. The van der Waals surface area contributed by atoms with Crippen molar-refractivity contribution < 1.29 is 23.7 Å². The highest BCUT2D eigenvalue weighted by Gasteiger charge is 2.15. The quantitative estimate of drug-likeness (QED) is 0.647. The lowest BCUT2D eigenvalue weighted by Gasteiger charge is -2.13. The molecule has 6 nitrogen and oxygen atoms in total.